The molecule has 1 rings (SSSR count). The van der Waals surface area contributed by atoms with Gasteiger partial charge in [-0.2, -0.15) is 0 Å². The fraction of sp³-hybridized carbons (Fsp3) is 0.389. The van der Waals surface area contributed by atoms with Gasteiger partial charge in [0.25, 0.3) is 0 Å². The molecule has 0 bridgehead atoms. The van der Waals surface area contributed by atoms with E-state index in [1.165, 1.54) is 11.1 Å². The van der Waals surface area contributed by atoms with Crippen molar-refractivity contribution in [2.24, 2.45) is 5.41 Å². The summed E-state index contributed by atoms with van der Waals surface area (Å²) in [5.41, 5.74) is 4.83. The smallest absolute Gasteiger partial charge is 0.0705 e. The van der Waals surface area contributed by atoms with E-state index in [1.807, 2.05) is 18.3 Å². The first-order valence-corrected chi connectivity index (χ1v) is 7.75. The van der Waals surface area contributed by atoms with E-state index in [0.29, 0.717) is 0 Å². The second-order valence-electron chi connectivity index (χ2n) is 5.74. The number of aromatic nitrogens is 1. The molecular weight excluding hydrogens is 310 g/mol. The normalized spacial score (nSPS) is 13.5. The van der Waals surface area contributed by atoms with Crippen molar-refractivity contribution in [3.63, 3.8) is 0 Å². The Morgan fingerprint density at radius 1 is 1.45 bits per heavy atom. The highest BCUT2D eigenvalue weighted by Crippen LogP contribution is 2.32. The summed E-state index contributed by atoms with van der Waals surface area (Å²) < 4.78 is 1.04. The average molecular weight is 334 g/mol. The first kappa shape index (κ1) is 16.9. The van der Waals surface area contributed by atoms with Crippen molar-refractivity contribution in [1.82, 2.24) is 4.98 Å². The second-order valence-corrected chi connectivity index (χ2v) is 6.60. The van der Waals surface area contributed by atoms with Gasteiger partial charge < -0.3 is 0 Å². The topological polar surface area (TPSA) is 12.9 Å². The minimum Gasteiger partial charge on any atom is -0.255 e. The summed E-state index contributed by atoms with van der Waals surface area (Å²) in [6.07, 6.45) is 9.03. The monoisotopic (exact) mass is 333 g/mol. The maximum absolute atomic E-state index is 4.51. The van der Waals surface area contributed by atoms with Crippen LogP contribution in [0.1, 0.15) is 45.4 Å². The third kappa shape index (κ3) is 4.17. The highest BCUT2D eigenvalue weighted by Gasteiger charge is 2.17. The van der Waals surface area contributed by atoms with Gasteiger partial charge in [-0.3, -0.25) is 4.98 Å². The van der Waals surface area contributed by atoms with Crippen molar-refractivity contribution in [3.8, 4) is 0 Å². The predicted octanol–water partition coefficient (Wildman–Crippen LogP) is 6.10. The van der Waals surface area contributed by atoms with Crippen LogP contribution < -0.4 is 0 Å². The van der Waals surface area contributed by atoms with Gasteiger partial charge >= 0.3 is 0 Å². The van der Waals surface area contributed by atoms with E-state index in [2.05, 4.69) is 74.3 Å². The molecule has 0 fully saturated rings. The van der Waals surface area contributed by atoms with Crippen molar-refractivity contribution in [3.05, 3.63) is 58.4 Å². The highest BCUT2D eigenvalue weighted by molar-refractivity contribution is 9.10. The maximum Gasteiger partial charge on any atom is 0.0705 e. The molecule has 0 aromatic carbocycles. The second kappa shape index (κ2) is 7.03. The van der Waals surface area contributed by atoms with Crippen LogP contribution in [0.25, 0.3) is 5.57 Å². The van der Waals surface area contributed by atoms with Crippen molar-refractivity contribution in [2.45, 2.75) is 41.0 Å². The summed E-state index contributed by atoms with van der Waals surface area (Å²) >= 11 is 3.49. The number of hydrogen-bond acceptors (Lipinski definition) is 1. The van der Waals surface area contributed by atoms with Crippen LogP contribution in [0.4, 0.5) is 0 Å². The van der Waals surface area contributed by atoms with Gasteiger partial charge in [0.15, 0.2) is 0 Å². The molecule has 1 aromatic rings. The van der Waals surface area contributed by atoms with E-state index in [0.717, 1.165) is 22.2 Å². The van der Waals surface area contributed by atoms with E-state index in [-0.39, 0.29) is 5.41 Å². The Kier molecular flexibility index (Phi) is 5.94. The number of hydrogen-bond donors (Lipinski definition) is 0. The number of aryl methyl sites for hydroxylation is 1. The van der Waals surface area contributed by atoms with E-state index in [4.69, 9.17) is 0 Å². The van der Waals surface area contributed by atoms with E-state index >= 15 is 0 Å². The summed E-state index contributed by atoms with van der Waals surface area (Å²) in [5.74, 6) is 0. The quantitative estimate of drug-likeness (QED) is 0.593. The molecule has 0 aliphatic carbocycles. The Morgan fingerprint density at radius 3 is 2.60 bits per heavy atom. The third-order valence-electron chi connectivity index (χ3n) is 3.96. The van der Waals surface area contributed by atoms with Crippen LogP contribution in [0.2, 0.25) is 0 Å². The zero-order chi connectivity index (χ0) is 15.3. The Labute approximate surface area is 131 Å². The van der Waals surface area contributed by atoms with E-state index < -0.39 is 0 Å². The zero-order valence-electron chi connectivity index (χ0n) is 13.1. The van der Waals surface area contributed by atoms with Crippen LogP contribution >= 0.6 is 15.9 Å². The van der Waals surface area contributed by atoms with Crippen LogP contribution in [0, 0.1) is 12.3 Å². The largest absolute Gasteiger partial charge is 0.255 e. The van der Waals surface area contributed by atoms with Crippen LogP contribution in [-0.4, -0.2) is 4.98 Å². The molecule has 20 heavy (non-hydrogen) atoms. The molecule has 0 radical (unpaired) electrons. The van der Waals surface area contributed by atoms with Gasteiger partial charge in [-0.1, -0.05) is 51.2 Å². The number of halogens is 1. The Balaban J connectivity index is 3.26. The molecule has 0 saturated heterocycles. The summed E-state index contributed by atoms with van der Waals surface area (Å²) in [6.45, 7) is 14.8. The van der Waals surface area contributed by atoms with Gasteiger partial charge in [0.1, 0.15) is 0 Å². The first-order valence-electron chi connectivity index (χ1n) is 6.96. The first-order chi connectivity index (χ1) is 9.31. The highest BCUT2D eigenvalue weighted by atomic mass is 79.9. The molecule has 2 heteroatoms. The Bertz CT molecular complexity index is 551. The summed E-state index contributed by atoms with van der Waals surface area (Å²) in [4.78, 5) is 4.51. The lowest BCUT2D eigenvalue weighted by Crippen LogP contribution is -2.11. The molecule has 1 heterocycles. The van der Waals surface area contributed by atoms with Crippen LogP contribution in [0.3, 0.4) is 0 Å². The molecule has 108 valence electrons. The lowest BCUT2D eigenvalue weighted by atomic mass is 9.81. The summed E-state index contributed by atoms with van der Waals surface area (Å²) in [5, 5.41) is 0. The summed E-state index contributed by atoms with van der Waals surface area (Å²) in [6, 6.07) is 2.10. The fourth-order valence-electron chi connectivity index (χ4n) is 1.74. The van der Waals surface area contributed by atoms with Gasteiger partial charge in [-0.25, -0.2) is 0 Å². The van der Waals surface area contributed by atoms with Crippen molar-refractivity contribution >= 4 is 21.5 Å². The number of rotatable bonds is 5. The molecule has 0 amide bonds. The molecular formula is C18H24BrN. The SMILES string of the molecule is C=C/C=C(\C=C(/C)C(C)(C)CC)c1cc(C)c(Br)cn1. The molecule has 0 aliphatic rings. The lowest BCUT2D eigenvalue weighted by Gasteiger charge is -2.24. The Morgan fingerprint density at radius 2 is 2.10 bits per heavy atom. The van der Waals surface area contributed by atoms with Crippen molar-refractivity contribution in [2.75, 3.05) is 0 Å². The van der Waals surface area contributed by atoms with Crippen LogP contribution in [0.15, 0.2) is 47.1 Å². The number of allylic oxidation sites excluding steroid dienone is 5. The standard InChI is InChI=1S/C18H24BrN/c1-7-9-15(11-14(4)18(5,6)8-2)17-10-13(3)16(19)12-20-17/h7,9-12H,1,8H2,2-6H3/b14-11+,15-9+. The fourth-order valence-corrected chi connectivity index (χ4v) is 1.96. The molecule has 1 nitrogen and oxygen atoms in total. The molecule has 0 unspecified atom stereocenters. The number of pyridine rings is 1. The van der Waals surface area contributed by atoms with Crippen molar-refractivity contribution in [1.29, 1.82) is 0 Å². The van der Waals surface area contributed by atoms with Crippen molar-refractivity contribution < 1.29 is 0 Å². The van der Waals surface area contributed by atoms with Gasteiger partial charge in [0.05, 0.1) is 5.69 Å². The minimum absolute atomic E-state index is 0.199. The maximum atomic E-state index is 4.51. The lowest BCUT2D eigenvalue weighted by molar-refractivity contribution is 0.430. The summed E-state index contributed by atoms with van der Waals surface area (Å²) in [7, 11) is 0. The van der Waals surface area contributed by atoms with Gasteiger partial charge in [-0.05, 0) is 53.2 Å². The molecule has 0 aliphatic heterocycles. The van der Waals surface area contributed by atoms with E-state index in [9.17, 15) is 0 Å². The molecule has 1 aromatic heterocycles. The molecule has 0 saturated carbocycles. The van der Waals surface area contributed by atoms with Gasteiger partial charge in [0.2, 0.25) is 0 Å². The zero-order valence-corrected chi connectivity index (χ0v) is 14.7. The minimum atomic E-state index is 0.199. The predicted molar refractivity (Wildman–Crippen MR) is 92.7 cm³/mol. The Hall–Kier alpha value is -1.15. The molecule has 0 spiro atoms. The molecule has 0 atom stereocenters. The van der Waals surface area contributed by atoms with Gasteiger partial charge in [0, 0.05) is 16.2 Å². The van der Waals surface area contributed by atoms with Crippen LogP contribution in [-0.2, 0) is 0 Å². The van der Waals surface area contributed by atoms with E-state index in [1.54, 1.807) is 0 Å². The van der Waals surface area contributed by atoms with Gasteiger partial charge in [-0.15, -0.1) is 0 Å². The number of nitrogens with zero attached hydrogens (tertiary/aromatic N) is 1. The molecule has 0 N–H and O–H groups in total. The third-order valence-corrected chi connectivity index (χ3v) is 4.79. The van der Waals surface area contributed by atoms with Crippen LogP contribution in [0.5, 0.6) is 0 Å². The average Bonchev–Trinajstić information content (AvgIpc) is 2.41.